The van der Waals surface area contributed by atoms with Crippen molar-refractivity contribution >= 4 is 107 Å². The number of hydrogen-bond acceptors (Lipinski definition) is 0. The Balaban J connectivity index is 2.56. The van der Waals surface area contributed by atoms with Crippen LogP contribution in [0.15, 0.2) is 0 Å². The van der Waals surface area contributed by atoms with E-state index >= 15 is 0 Å². The van der Waals surface area contributed by atoms with E-state index in [1.807, 2.05) is 20.1 Å². The molecule has 0 N–H and O–H groups in total. The monoisotopic (exact) mass is 1460 g/mol. The van der Waals surface area contributed by atoms with E-state index < -0.39 is 0 Å². The van der Waals surface area contributed by atoms with Gasteiger partial charge in [-0.05, 0) is 0 Å². The zero-order chi connectivity index (χ0) is 5.54. The molecule has 0 bridgehead atoms. The summed E-state index contributed by atoms with van der Waals surface area (Å²) in [5, 5.41) is 0. The molecule has 0 fully saturated rings. The van der Waals surface area contributed by atoms with Gasteiger partial charge in [-0.25, -0.2) is 0 Å². The fourth-order valence-corrected chi connectivity index (χ4v) is 1940. The van der Waals surface area contributed by atoms with Gasteiger partial charge in [-0.15, -0.1) is 0 Å². The second-order valence-electron chi connectivity index (χ2n) is 0.360. The molecule has 0 radical (unpaired) electrons. The Morgan fingerprint density at radius 1 is 1.43 bits per heavy atom. The van der Waals surface area contributed by atoms with Crippen LogP contribution in [0.25, 0.3) is 0 Å². The molecule has 0 aliphatic carbocycles. The van der Waals surface area contributed by atoms with Crippen molar-refractivity contribution in [2.75, 3.05) is 0 Å². The second kappa shape index (κ2) is 12.3. The fraction of sp³-hybridized carbons (Fsp3) is 0. The average Bonchev–Trinajstić information content (AvgIpc) is 1.69. The van der Waals surface area contributed by atoms with Gasteiger partial charge in [-0.3, -0.25) is 0 Å². The summed E-state index contributed by atoms with van der Waals surface area (Å²) in [5.41, 5.74) is 0. The molecule has 0 aromatic rings. The molecule has 7 heteroatoms. The Morgan fingerprint density at radius 3 is 2.57 bits per heavy atom. The Morgan fingerprint density at radius 2 is 2.14 bits per heavy atom. The van der Waals surface area contributed by atoms with Gasteiger partial charge in [0.25, 0.3) is 0 Å². The summed E-state index contributed by atoms with van der Waals surface area (Å²) in [4.78, 5) is 0. The predicted octanol–water partition coefficient (Wildman–Crippen LogP) is -3.20. The molecule has 0 rings (SSSR count). The van der Waals surface area contributed by atoms with Crippen LogP contribution < -0.4 is 0 Å². The summed E-state index contributed by atoms with van der Waals surface area (Å²) in [5.74, 6) is 0. The minimum absolute atomic E-state index is 0.508. The van der Waals surface area contributed by atoms with Crippen molar-refractivity contribution < 1.29 is 0 Å². The van der Waals surface area contributed by atoms with Crippen LogP contribution in [0, 0.1) is 0 Å². The average molecular weight is 1470 g/mol. The summed E-state index contributed by atoms with van der Waals surface area (Å²) in [6.45, 7) is 0. The third-order valence-electron chi connectivity index (χ3n) is 0.119. The molecule has 0 amide bonds. The number of rotatable bonds is 4. The zero-order valence-corrected chi connectivity index (χ0v) is 25.8. The van der Waals surface area contributed by atoms with Gasteiger partial charge in [-0.1, -0.05) is 0 Å². The van der Waals surface area contributed by atoms with E-state index in [1.165, 1.54) is 0 Å². The van der Waals surface area contributed by atoms with E-state index in [0.717, 1.165) is 41.1 Å². The van der Waals surface area contributed by atoms with Crippen LogP contribution in [0.2, 0.25) is 0 Å². The molecule has 44 valence electrons. The van der Waals surface area contributed by atoms with Gasteiger partial charge in [0.1, 0.15) is 0 Å². The molecule has 0 aromatic carbocycles. The van der Waals surface area contributed by atoms with Gasteiger partial charge in [0.15, 0.2) is 0 Å². The van der Waals surface area contributed by atoms with Gasteiger partial charge >= 0.3 is 107 Å². The van der Waals surface area contributed by atoms with E-state index in [9.17, 15) is 0 Å². The Kier molecular flexibility index (Phi) is 23.3. The van der Waals surface area contributed by atoms with E-state index in [-0.39, 0.29) is 0 Å². The van der Waals surface area contributed by atoms with Crippen molar-refractivity contribution in [1.82, 2.24) is 0 Å². The molecular weight excluding hydrogens is 1460 g/mol. The minimum atomic E-state index is 0.508. The summed E-state index contributed by atoms with van der Waals surface area (Å²) >= 11 is 7.33. The van der Waals surface area contributed by atoms with Crippen LogP contribution in [0.3, 0.4) is 0 Å². The molecule has 0 aliphatic rings. The first-order valence-corrected chi connectivity index (χ1v) is 80.7. The molecule has 0 unspecified atom stereocenters. The zero-order valence-electron chi connectivity index (χ0n) is 2.94. The van der Waals surface area contributed by atoms with Crippen LogP contribution in [0.5, 0.6) is 0 Å². The molecule has 0 aliphatic heterocycles. The Labute approximate surface area is 102 Å². The molecule has 0 spiro atoms. The molecule has 0 saturated carbocycles. The summed E-state index contributed by atoms with van der Waals surface area (Å²) in [7, 11) is 0. The van der Waals surface area contributed by atoms with Crippen molar-refractivity contribution in [3.05, 3.63) is 0 Å². The molecule has 0 atom stereocenters. The van der Waals surface area contributed by atoms with Crippen molar-refractivity contribution in [2.45, 2.75) is 0 Å². The fourth-order valence-electron chi connectivity index (χ4n) is 0.0373. The maximum absolute atomic E-state index is 2.09. The number of hydrogen-bond donors (Lipinski definition) is 0. The van der Waals surface area contributed by atoms with Crippen LogP contribution in [0.4, 0.5) is 0 Å². The van der Waals surface area contributed by atoms with Crippen LogP contribution in [-0.4, -0.2) is 107 Å². The molecular formula is H2Po7. The topological polar surface area (TPSA) is 0 Å². The predicted molar refractivity (Wildman–Crippen MR) is 43.1 cm³/mol. The van der Waals surface area contributed by atoms with Crippen molar-refractivity contribution in [3.63, 3.8) is 0 Å². The Bertz CT molecular complexity index is 37.3. The van der Waals surface area contributed by atoms with Gasteiger partial charge in [0.05, 0.1) is 0 Å². The van der Waals surface area contributed by atoms with E-state index in [0.29, 0.717) is 26.7 Å². The first-order valence-electron chi connectivity index (χ1n) is 1.05. The van der Waals surface area contributed by atoms with Crippen LogP contribution in [-0.2, 0) is 0 Å². The summed E-state index contributed by atoms with van der Waals surface area (Å²) in [6.07, 6.45) is 0. The van der Waals surface area contributed by atoms with Crippen molar-refractivity contribution in [1.29, 1.82) is 0 Å². The normalized spacial score (nSPS) is 9.29. The standard InChI is InChI=1S/7Po.2H. The molecule has 0 aromatic heterocycles. The second-order valence-corrected chi connectivity index (χ2v) is 243. The third-order valence-corrected chi connectivity index (χ3v) is 706. The van der Waals surface area contributed by atoms with E-state index in [1.54, 1.807) is 0 Å². The SMILES string of the molecule is [Po]=[PoH][Po][Po][Po][Po][PoH]. The van der Waals surface area contributed by atoms with Crippen molar-refractivity contribution in [2.24, 2.45) is 0 Å². The molecule has 0 heterocycles. The van der Waals surface area contributed by atoms with E-state index in [2.05, 4.69) is 19.5 Å². The van der Waals surface area contributed by atoms with Gasteiger partial charge in [0.2, 0.25) is 0 Å². The molecule has 0 saturated heterocycles. The Hall–Kier alpha value is 6.27. The molecule has 7 heavy (non-hydrogen) atoms. The van der Waals surface area contributed by atoms with Crippen LogP contribution in [0.1, 0.15) is 0 Å². The quantitative estimate of drug-likeness (QED) is 0.261. The van der Waals surface area contributed by atoms with Crippen molar-refractivity contribution in [3.8, 4) is 0 Å². The molecule has 0 nitrogen and oxygen atoms in total. The summed E-state index contributed by atoms with van der Waals surface area (Å²) in [6, 6.07) is 0. The van der Waals surface area contributed by atoms with E-state index in [4.69, 9.17) is 0 Å². The maximum atomic E-state index is 2.09. The third kappa shape index (κ3) is 12.3. The van der Waals surface area contributed by atoms with Gasteiger partial charge < -0.3 is 0 Å². The van der Waals surface area contributed by atoms with Gasteiger partial charge in [-0.2, -0.15) is 0 Å². The summed E-state index contributed by atoms with van der Waals surface area (Å²) < 4.78 is 0. The first-order chi connectivity index (χ1) is 3.41. The van der Waals surface area contributed by atoms with Gasteiger partial charge in [0, 0.05) is 0 Å². The first kappa shape index (κ1) is 13.3. The van der Waals surface area contributed by atoms with Crippen LogP contribution >= 0.6 is 0 Å².